The van der Waals surface area contributed by atoms with Crippen molar-refractivity contribution in [2.75, 3.05) is 13.2 Å². The highest BCUT2D eigenvalue weighted by molar-refractivity contribution is 5.67. The summed E-state index contributed by atoms with van der Waals surface area (Å²) in [4.78, 5) is 12.5. The summed E-state index contributed by atoms with van der Waals surface area (Å²) >= 11 is 0. The number of fused-ring (bicyclic) bond motifs is 3. The van der Waals surface area contributed by atoms with Gasteiger partial charge in [0.2, 0.25) is 0 Å². The first-order valence-electron chi connectivity index (χ1n) is 11.8. The standard InChI is InChI=1S/C25H35NO4/c1-16-13-24(3)21-17(2)25(16,15-29-23(27)26-18-9-5-4-6-10-18)14-28-22(21)19-11-7-8-12-20(19)30-24/h7-8,11-12,16-18,21-22H,4-6,9-10,13-15H2,1-3H3,(H,26,27)/t16-,17-,21-,22-,24-,25-/m0/s1. The zero-order valence-corrected chi connectivity index (χ0v) is 18.5. The number of hydrogen-bond acceptors (Lipinski definition) is 4. The maximum absolute atomic E-state index is 12.5. The molecule has 2 saturated carbocycles. The number of rotatable bonds is 3. The van der Waals surface area contributed by atoms with Crippen LogP contribution in [0.4, 0.5) is 4.79 Å². The highest BCUT2D eigenvalue weighted by Crippen LogP contribution is 2.63. The molecule has 2 bridgehead atoms. The fourth-order valence-corrected chi connectivity index (χ4v) is 6.91. The quantitative estimate of drug-likeness (QED) is 0.736. The number of ether oxygens (including phenoxy) is 3. The van der Waals surface area contributed by atoms with Crippen LogP contribution in [0.1, 0.15) is 71.0 Å². The van der Waals surface area contributed by atoms with Gasteiger partial charge in [-0.25, -0.2) is 4.79 Å². The van der Waals surface area contributed by atoms with E-state index >= 15 is 0 Å². The second kappa shape index (κ2) is 7.44. The molecule has 1 aromatic carbocycles. The summed E-state index contributed by atoms with van der Waals surface area (Å²) in [5.74, 6) is 1.88. The van der Waals surface area contributed by atoms with Crippen molar-refractivity contribution in [3.8, 4) is 5.75 Å². The molecule has 0 aromatic heterocycles. The third-order valence-electron chi connectivity index (χ3n) is 8.67. The van der Waals surface area contributed by atoms with Gasteiger partial charge in [0.25, 0.3) is 0 Å². The molecule has 2 aliphatic heterocycles. The zero-order chi connectivity index (χ0) is 20.9. The van der Waals surface area contributed by atoms with Gasteiger partial charge < -0.3 is 19.5 Å². The third-order valence-corrected chi connectivity index (χ3v) is 8.67. The number of benzene rings is 1. The molecule has 0 radical (unpaired) electrons. The van der Waals surface area contributed by atoms with Gasteiger partial charge in [0.1, 0.15) is 18.0 Å². The monoisotopic (exact) mass is 413 g/mol. The molecule has 6 atom stereocenters. The SMILES string of the molecule is C[C@H]1C[C@]2(C)Oc3ccccc3[C@@H]3OC[C@@]1(COC(=O)NC1CCCCC1)[C@@H](C)[C@@H]32. The Kier molecular flexibility index (Phi) is 5.00. The molecule has 164 valence electrons. The van der Waals surface area contributed by atoms with E-state index in [0.717, 1.165) is 30.6 Å². The molecule has 2 heterocycles. The number of carbonyl (C=O) groups excluding carboxylic acids is 1. The molecule has 1 saturated heterocycles. The molecule has 2 aliphatic carbocycles. The fourth-order valence-electron chi connectivity index (χ4n) is 6.91. The van der Waals surface area contributed by atoms with Gasteiger partial charge in [-0.15, -0.1) is 0 Å². The van der Waals surface area contributed by atoms with Gasteiger partial charge in [0.15, 0.2) is 0 Å². The molecule has 30 heavy (non-hydrogen) atoms. The van der Waals surface area contributed by atoms with Crippen molar-refractivity contribution in [2.24, 2.45) is 23.2 Å². The lowest BCUT2D eigenvalue weighted by molar-refractivity contribution is -0.259. The van der Waals surface area contributed by atoms with Crippen LogP contribution in [0.5, 0.6) is 5.75 Å². The molecule has 0 unspecified atom stereocenters. The summed E-state index contributed by atoms with van der Waals surface area (Å²) < 4.78 is 19.0. The lowest BCUT2D eigenvalue weighted by Crippen LogP contribution is -2.66. The Morgan fingerprint density at radius 1 is 1.20 bits per heavy atom. The van der Waals surface area contributed by atoms with Gasteiger partial charge >= 0.3 is 6.09 Å². The summed E-state index contributed by atoms with van der Waals surface area (Å²) in [5, 5.41) is 3.09. The molecule has 3 fully saturated rings. The van der Waals surface area contributed by atoms with E-state index in [-0.39, 0.29) is 35.2 Å². The first kappa shape index (κ1) is 20.2. The number of nitrogens with one attached hydrogen (secondary N) is 1. The predicted molar refractivity (Wildman–Crippen MR) is 114 cm³/mol. The van der Waals surface area contributed by atoms with E-state index < -0.39 is 0 Å². The zero-order valence-electron chi connectivity index (χ0n) is 18.5. The van der Waals surface area contributed by atoms with Crippen molar-refractivity contribution in [2.45, 2.75) is 77.0 Å². The van der Waals surface area contributed by atoms with E-state index in [2.05, 4.69) is 44.3 Å². The van der Waals surface area contributed by atoms with Crippen LogP contribution in [-0.2, 0) is 9.47 Å². The van der Waals surface area contributed by atoms with E-state index in [1.165, 1.54) is 19.3 Å². The Morgan fingerprint density at radius 2 is 1.97 bits per heavy atom. The van der Waals surface area contributed by atoms with Gasteiger partial charge in [-0.3, -0.25) is 0 Å². The van der Waals surface area contributed by atoms with Crippen molar-refractivity contribution < 1.29 is 19.0 Å². The van der Waals surface area contributed by atoms with Crippen molar-refractivity contribution in [1.29, 1.82) is 0 Å². The van der Waals surface area contributed by atoms with Gasteiger partial charge in [-0.05, 0) is 44.1 Å². The second-order valence-electron chi connectivity index (χ2n) is 10.4. The van der Waals surface area contributed by atoms with Crippen LogP contribution in [0, 0.1) is 23.2 Å². The van der Waals surface area contributed by atoms with E-state index in [4.69, 9.17) is 14.2 Å². The van der Waals surface area contributed by atoms with Crippen LogP contribution in [0.25, 0.3) is 0 Å². The van der Waals surface area contributed by atoms with Crippen LogP contribution in [0.15, 0.2) is 24.3 Å². The van der Waals surface area contributed by atoms with Crippen molar-refractivity contribution >= 4 is 6.09 Å². The summed E-state index contributed by atoms with van der Waals surface area (Å²) in [7, 11) is 0. The largest absolute Gasteiger partial charge is 0.487 e. The summed E-state index contributed by atoms with van der Waals surface area (Å²) in [6.45, 7) is 7.86. The summed E-state index contributed by atoms with van der Waals surface area (Å²) in [6.07, 6.45) is 6.52. The highest BCUT2D eigenvalue weighted by Gasteiger charge is 2.64. The Labute approximate surface area is 179 Å². The average molecular weight is 414 g/mol. The molecular weight excluding hydrogens is 378 g/mol. The highest BCUT2D eigenvalue weighted by atomic mass is 16.6. The summed E-state index contributed by atoms with van der Waals surface area (Å²) in [6, 6.07) is 8.55. The molecule has 0 spiro atoms. The fraction of sp³-hybridized carbons (Fsp3) is 0.720. The minimum atomic E-state index is -0.267. The lowest BCUT2D eigenvalue weighted by Gasteiger charge is -2.63. The van der Waals surface area contributed by atoms with E-state index in [1.807, 2.05) is 6.07 Å². The molecule has 1 aromatic rings. The number of carbonyl (C=O) groups is 1. The van der Waals surface area contributed by atoms with Crippen molar-refractivity contribution in [3.63, 3.8) is 0 Å². The van der Waals surface area contributed by atoms with Gasteiger partial charge in [-0.2, -0.15) is 0 Å². The van der Waals surface area contributed by atoms with Crippen molar-refractivity contribution in [3.05, 3.63) is 29.8 Å². The van der Waals surface area contributed by atoms with Crippen LogP contribution >= 0.6 is 0 Å². The Hall–Kier alpha value is -1.75. The van der Waals surface area contributed by atoms with Gasteiger partial charge in [0.05, 0.1) is 12.7 Å². The topological polar surface area (TPSA) is 56.8 Å². The minimum absolute atomic E-state index is 0.0478. The van der Waals surface area contributed by atoms with Crippen LogP contribution in [0.3, 0.4) is 0 Å². The van der Waals surface area contributed by atoms with E-state index in [0.29, 0.717) is 25.0 Å². The minimum Gasteiger partial charge on any atom is -0.487 e. The van der Waals surface area contributed by atoms with Crippen LogP contribution < -0.4 is 10.1 Å². The Balaban J connectivity index is 1.34. The van der Waals surface area contributed by atoms with Gasteiger partial charge in [-0.1, -0.05) is 51.3 Å². The second-order valence-corrected chi connectivity index (χ2v) is 10.4. The Bertz CT molecular complexity index is 806. The number of amides is 1. The molecule has 4 aliphatic rings. The average Bonchev–Trinajstić information content (AvgIpc) is 2.73. The smallest absolute Gasteiger partial charge is 0.407 e. The van der Waals surface area contributed by atoms with Crippen molar-refractivity contribution in [1.82, 2.24) is 5.32 Å². The molecule has 5 heteroatoms. The lowest BCUT2D eigenvalue weighted by atomic mass is 9.50. The van der Waals surface area contributed by atoms with Crippen LogP contribution in [0.2, 0.25) is 0 Å². The number of para-hydroxylation sites is 1. The normalized spacial score (nSPS) is 40.1. The first-order valence-corrected chi connectivity index (χ1v) is 11.8. The first-order chi connectivity index (χ1) is 14.4. The number of alkyl carbamates (subject to hydrolysis) is 1. The molecule has 5 rings (SSSR count). The third kappa shape index (κ3) is 3.12. The van der Waals surface area contributed by atoms with E-state index in [1.54, 1.807) is 0 Å². The molecule has 1 N–H and O–H groups in total. The molecule has 1 amide bonds. The molecular formula is C25H35NO4. The molecule has 5 nitrogen and oxygen atoms in total. The van der Waals surface area contributed by atoms with E-state index in [9.17, 15) is 4.79 Å². The van der Waals surface area contributed by atoms with Gasteiger partial charge in [0, 0.05) is 22.9 Å². The predicted octanol–water partition coefficient (Wildman–Crippen LogP) is 5.25. The van der Waals surface area contributed by atoms with Crippen LogP contribution in [-0.4, -0.2) is 30.9 Å². The number of hydrogen-bond donors (Lipinski definition) is 1. The summed E-state index contributed by atoms with van der Waals surface area (Å²) in [5.41, 5.74) is 0.734. The maximum Gasteiger partial charge on any atom is 0.407 e. The maximum atomic E-state index is 12.5. The Morgan fingerprint density at radius 3 is 2.77 bits per heavy atom.